The van der Waals surface area contributed by atoms with Gasteiger partial charge < -0.3 is 0 Å². The van der Waals surface area contributed by atoms with Crippen molar-refractivity contribution in [1.82, 2.24) is 0 Å². The van der Waals surface area contributed by atoms with Crippen molar-refractivity contribution in [1.29, 1.82) is 0 Å². The van der Waals surface area contributed by atoms with Crippen molar-refractivity contribution in [2.75, 3.05) is 0 Å². The van der Waals surface area contributed by atoms with E-state index in [1.54, 1.807) is 0 Å². The van der Waals surface area contributed by atoms with E-state index in [1.807, 2.05) is 0 Å². The van der Waals surface area contributed by atoms with Crippen molar-refractivity contribution in [2.45, 2.75) is 53.4 Å². The van der Waals surface area contributed by atoms with E-state index >= 15 is 0 Å². The molecule has 0 aliphatic carbocycles. The van der Waals surface area contributed by atoms with Crippen LogP contribution < -0.4 is 0 Å². The summed E-state index contributed by atoms with van der Waals surface area (Å²) >= 11 is 0. The zero-order chi connectivity index (χ0) is 7.98. The van der Waals surface area contributed by atoms with Crippen molar-refractivity contribution in [2.24, 2.45) is 11.8 Å². The van der Waals surface area contributed by atoms with Gasteiger partial charge in [-0.25, -0.2) is 0 Å². The van der Waals surface area contributed by atoms with Crippen molar-refractivity contribution in [3.8, 4) is 0 Å². The largest absolute Gasteiger partial charge is 0.0654 e. The molecule has 62 valence electrons. The van der Waals surface area contributed by atoms with E-state index < -0.39 is 0 Å². The summed E-state index contributed by atoms with van der Waals surface area (Å²) < 4.78 is 0. The van der Waals surface area contributed by atoms with Crippen LogP contribution in [0.15, 0.2) is 0 Å². The first kappa shape index (κ1) is 10.0. The standard InChI is InChI=1S/C10H22/c1-5-8-10(7-3)9(4)6-2/h9-10H,5-8H2,1-4H3/t9-,10?/m1/s1. The molecule has 0 heteroatoms. The third-order valence-electron chi connectivity index (χ3n) is 2.63. The fourth-order valence-corrected chi connectivity index (χ4v) is 1.60. The quantitative estimate of drug-likeness (QED) is 0.547. The van der Waals surface area contributed by atoms with Crippen LogP contribution in [0.1, 0.15) is 53.4 Å². The number of rotatable bonds is 5. The van der Waals surface area contributed by atoms with Crippen LogP contribution in [0.25, 0.3) is 0 Å². The van der Waals surface area contributed by atoms with E-state index in [1.165, 1.54) is 25.7 Å². The second kappa shape index (κ2) is 5.76. The first-order valence-corrected chi connectivity index (χ1v) is 4.76. The predicted octanol–water partition coefficient (Wildman–Crippen LogP) is 3.86. The molecule has 0 aromatic rings. The lowest BCUT2D eigenvalue weighted by Gasteiger charge is -2.20. The molecule has 0 heterocycles. The molecule has 0 saturated heterocycles. The van der Waals surface area contributed by atoms with Crippen LogP contribution in [0.3, 0.4) is 0 Å². The number of hydrogen-bond donors (Lipinski definition) is 0. The van der Waals surface area contributed by atoms with Gasteiger partial charge in [-0.2, -0.15) is 0 Å². The Balaban J connectivity index is 3.56. The lowest BCUT2D eigenvalue weighted by molar-refractivity contribution is 0.315. The van der Waals surface area contributed by atoms with Gasteiger partial charge >= 0.3 is 0 Å². The molecule has 0 saturated carbocycles. The summed E-state index contributed by atoms with van der Waals surface area (Å²) in [5.41, 5.74) is 0. The van der Waals surface area contributed by atoms with Crippen molar-refractivity contribution >= 4 is 0 Å². The lowest BCUT2D eigenvalue weighted by atomic mass is 9.86. The molecule has 0 rings (SSSR count). The molecule has 0 fully saturated rings. The van der Waals surface area contributed by atoms with E-state index in [2.05, 4.69) is 27.7 Å². The highest BCUT2D eigenvalue weighted by Crippen LogP contribution is 2.22. The van der Waals surface area contributed by atoms with Crippen LogP contribution in [0.2, 0.25) is 0 Å². The van der Waals surface area contributed by atoms with Gasteiger partial charge in [-0.05, 0) is 11.8 Å². The topological polar surface area (TPSA) is 0 Å². The molecule has 2 atom stereocenters. The van der Waals surface area contributed by atoms with Gasteiger partial charge in [-0.3, -0.25) is 0 Å². The van der Waals surface area contributed by atoms with E-state index in [9.17, 15) is 0 Å². The Morgan fingerprint density at radius 1 is 1.00 bits per heavy atom. The van der Waals surface area contributed by atoms with Gasteiger partial charge in [0.15, 0.2) is 0 Å². The highest BCUT2D eigenvalue weighted by molar-refractivity contribution is 4.62. The van der Waals surface area contributed by atoms with Gasteiger partial charge in [-0.15, -0.1) is 0 Å². The van der Waals surface area contributed by atoms with Crippen molar-refractivity contribution < 1.29 is 0 Å². The third-order valence-corrected chi connectivity index (χ3v) is 2.63. The normalized spacial score (nSPS) is 16.8. The molecule has 0 aliphatic heterocycles. The first-order valence-electron chi connectivity index (χ1n) is 4.76. The average molecular weight is 142 g/mol. The van der Waals surface area contributed by atoms with Crippen LogP contribution in [-0.4, -0.2) is 0 Å². The molecule has 0 nitrogen and oxygen atoms in total. The summed E-state index contributed by atoms with van der Waals surface area (Å²) in [7, 11) is 0. The molecule has 10 heavy (non-hydrogen) atoms. The van der Waals surface area contributed by atoms with E-state index in [0.717, 1.165) is 11.8 Å². The Hall–Kier alpha value is 0. The fraction of sp³-hybridized carbons (Fsp3) is 1.00. The van der Waals surface area contributed by atoms with E-state index in [-0.39, 0.29) is 0 Å². The Kier molecular flexibility index (Phi) is 5.76. The maximum Gasteiger partial charge on any atom is -0.0391 e. The molecule has 0 aromatic carbocycles. The summed E-state index contributed by atoms with van der Waals surface area (Å²) in [5.74, 6) is 1.92. The van der Waals surface area contributed by atoms with E-state index in [0.29, 0.717) is 0 Å². The van der Waals surface area contributed by atoms with Crippen LogP contribution in [0, 0.1) is 11.8 Å². The van der Waals surface area contributed by atoms with Gasteiger partial charge in [0.2, 0.25) is 0 Å². The smallest absolute Gasteiger partial charge is 0.0391 e. The Labute approximate surface area is 66.0 Å². The highest BCUT2D eigenvalue weighted by Gasteiger charge is 2.11. The molecule has 0 bridgehead atoms. The van der Waals surface area contributed by atoms with Gasteiger partial charge in [0.05, 0.1) is 0 Å². The van der Waals surface area contributed by atoms with Crippen molar-refractivity contribution in [3.63, 3.8) is 0 Å². The monoisotopic (exact) mass is 142 g/mol. The molecule has 0 spiro atoms. The minimum atomic E-state index is 0.935. The highest BCUT2D eigenvalue weighted by atomic mass is 14.2. The summed E-state index contributed by atoms with van der Waals surface area (Å²) in [4.78, 5) is 0. The average Bonchev–Trinajstić information content (AvgIpc) is 1.99. The summed E-state index contributed by atoms with van der Waals surface area (Å²) in [6, 6.07) is 0. The van der Waals surface area contributed by atoms with Gasteiger partial charge in [-0.1, -0.05) is 53.4 Å². The Morgan fingerprint density at radius 3 is 1.90 bits per heavy atom. The maximum atomic E-state index is 2.38. The number of hydrogen-bond acceptors (Lipinski definition) is 0. The Morgan fingerprint density at radius 2 is 1.60 bits per heavy atom. The SMILES string of the molecule is CCCC(CC)[C@H](C)CC. The zero-order valence-electron chi connectivity index (χ0n) is 7.98. The molecule has 0 aromatic heterocycles. The Bertz CT molecular complexity index is 66.4. The lowest BCUT2D eigenvalue weighted by Crippen LogP contribution is -2.09. The summed E-state index contributed by atoms with van der Waals surface area (Å²) in [6.45, 7) is 9.27. The predicted molar refractivity (Wildman–Crippen MR) is 48.1 cm³/mol. The molecule has 1 unspecified atom stereocenters. The summed E-state index contributed by atoms with van der Waals surface area (Å²) in [5, 5.41) is 0. The van der Waals surface area contributed by atoms with E-state index in [4.69, 9.17) is 0 Å². The molecular weight excluding hydrogens is 120 g/mol. The molecular formula is C10H22. The van der Waals surface area contributed by atoms with Crippen molar-refractivity contribution in [3.05, 3.63) is 0 Å². The maximum absolute atomic E-state index is 2.38. The third kappa shape index (κ3) is 3.24. The molecule has 0 amide bonds. The first-order chi connectivity index (χ1) is 4.76. The molecule has 0 radical (unpaired) electrons. The molecule has 0 aliphatic rings. The summed E-state index contributed by atoms with van der Waals surface area (Å²) in [6.07, 6.45) is 5.48. The second-order valence-corrected chi connectivity index (χ2v) is 3.34. The molecule has 0 N–H and O–H groups in total. The zero-order valence-corrected chi connectivity index (χ0v) is 7.98. The van der Waals surface area contributed by atoms with Gasteiger partial charge in [0, 0.05) is 0 Å². The van der Waals surface area contributed by atoms with Crippen LogP contribution in [0.5, 0.6) is 0 Å². The fourth-order valence-electron chi connectivity index (χ4n) is 1.60. The van der Waals surface area contributed by atoms with Crippen LogP contribution in [0.4, 0.5) is 0 Å². The van der Waals surface area contributed by atoms with Crippen LogP contribution >= 0.6 is 0 Å². The van der Waals surface area contributed by atoms with Gasteiger partial charge in [0.1, 0.15) is 0 Å². The van der Waals surface area contributed by atoms with Gasteiger partial charge in [0.25, 0.3) is 0 Å². The minimum absolute atomic E-state index is 0.935. The second-order valence-electron chi connectivity index (χ2n) is 3.34. The van der Waals surface area contributed by atoms with Crippen LogP contribution in [-0.2, 0) is 0 Å². The minimum Gasteiger partial charge on any atom is -0.0654 e.